The van der Waals surface area contributed by atoms with E-state index in [2.05, 4.69) is 78.0 Å². The highest BCUT2D eigenvalue weighted by Crippen LogP contribution is 2.29. The Bertz CT molecular complexity index is 1120. The van der Waals surface area contributed by atoms with E-state index in [1.54, 1.807) is 10.8 Å². The average Bonchev–Trinajstić information content (AvgIpc) is 2.98. The molecule has 0 aromatic heterocycles. The van der Waals surface area contributed by atoms with Gasteiger partial charge in [-0.2, -0.15) is 12.6 Å². The molecule has 256 valence electrons. The van der Waals surface area contributed by atoms with Gasteiger partial charge >= 0.3 is 0 Å². The molecule has 3 rings (SSSR count). The van der Waals surface area contributed by atoms with Gasteiger partial charge < -0.3 is 14.2 Å². The van der Waals surface area contributed by atoms with E-state index in [4.69, 9.17) is 34.2 Å². The second-order valence-electron chi connectivity index (χ2n) is 12.4. The molecule has 0 aromatic carbocycles. The summed E-state index contributed by atoms with van der Waals surface area (Å²) in [5.74, 6) is 5.94. The average molecular weight is 683 g/mol. The van der Waals surface area contributed by atoms with Crippen molar-refractivity contribution in [1.29, 1.82) is 0 Å². The highest BCUT2D eigenvalue weighted by molar-refractivity contribution is 8.76. The van der Waals surface area contributed by atoms with Crippen molar-refractivity contribution in [2.24, 2.45) is 47.7 Å². The van der Waals surface area contributed by atoms with Gasteiger partial charge in [-0.25, -0.2) is 15.0 Å². The number of nitrogens with zero attached hydrogens (tertiary/aromatic N) is 6. The topological polar surface area (TPSA) is 102 Å². The van der Waals surface area contributed by atoms with Crippen molar-refractivity contribution in [3.05, 3.63) is 0 Å². The first kappa shape index (κ1) is 39.6. The quantitative estimate of drug-likeness (QED) is 0.133. The van der Waals surface area contributed by atoms with E-state index in [-0.39, 0.29) is 36.3 Å². The molecule has 0 aliphatic carbocycles. The van der Waals surface area contributed by atoms with Crippen LogP contribution in [0.1, 0.15) is 83.1 Å². The number of rotatable bonds is 12. The molecule has 0 saturated carbocycles. The molecule has 0 radical (unpaired) electrons. The second kappa shape index (κ2) is 20.0. The normalized spacial score (nSPS) is 26.7. The SMILES string of the molecule is CCOC1=N[C@H](C(C)C)C(C)=N[C@H]1CS.CCOC1=N[C@H](C(C)C)C(C)=N[C@H]1CSSC[C@@H]1N=C(OCC)[C@@H](C(C)C)N=C1C. The Morgan fingerprint density at radius 2 is 0.956 bits per heavy atom. The molecule has 0 fully saturated rings. The summed E-state index contributed by atoms with van der Waals surface area (Å²) in [4.78, 5) is 28.7. The molecule has 0 N–H and O–H groups in total. The molecule has 6 atom stereocenters. The number of hydrogen-bond acceptors (Lipinski definition) is 12. The van der Waals surface area contributed by atoms with Crippen LogP contribution in [-0.2, 0) is 14.2 Å². The van der Waals surface area contributed by atoms with E-state index in [1.807, 2.05) is 38.5 Å². The fraction of sp³-hybridized carbons (Fsp3) is 0.818. The Hall–Kier alpha value is -1.53. The lowest BCUT2D eigenvalue weighted by Gasteiger charge is -2.28. The van der Waals surface area contributed by atoms with Crippen molar-refractivity contribution in [1.82, 2.24) is 0 Å². The van der Waals surface area contributed by atoms with Crippen LogP contribution in [0.5, 0.6) is 0 Å². The first-order chi connectivity index (χ1) is 21.4. The third-order valence-electron chi connectivity index (χ3n) is 7.52. The number of thiol groups is 1. The molecule has 9 nitrogen and oxygen atoms in total. The maximum Gasteiger partial charge on any atom is 0.210 e. The number of ether oxygens (including phenoxy) is 3. The van der Waals surface area contributed by atoms with Gasteiger partial charge in [-0.15, -0.1) is 0 Å². The first-order valence-corrected chi connectivity index (χ1v) is 19.6. The molecule has 0 unspecified atom stereocenters. The van der Waals surface area contributed by atoms with Gasteiger partial charge in [0, 0.05) is 34.4 Å². The highest BCUT2D eigenvalue weighted by atomic mass is 33.1. The van der Waals surface area contributed by atoms with Crippen molar-refractivity contribution >= 4 is 69.0 Å². The lowest BCUT2D eigenvalue weighted by molar-refractivity contribution is 0.297. The molecule has 3 aliphatic heterocycles. The lowest BCUT2D eigenvalue weighted by atomic mass is 9.99. The van der Waals surface area contributed by atoms with E-state index in [1.165, 1.54) is 0 Å². The van der Waals surface area contributed by atoms with E-state index in [0.717, 1.165) is 46.3 Å². The summed E-state index contributed by atoms with van der Waals surface area (Å²) in [6, 6.07) is 0.400. The van der Waals surface area contributed by atoms with Gasteiger partial charge in [-0.3, -0.25) is 15.0 Å². The van der Waals surface area contributed by atoms with Gasteiger partial charge in [0.25, 0.3) is 0 Å². The summed E-state index contributed by atoms with van der Waals surface area (Å²) in [6.07, 6.45) is 0. The van der Waals surface area contributed by atoms with Crippen LogP contribution in [0.15, 0.2) is 30.0 Å². The van der Waals surface area contributed by atoms with Gasteiger partial charge in [0.1, 0.15) is 24.2 Å². The second-order valence-corrected chi connectivity index (χ2v) is 15.3. The van der Waals surface area contributed by atoms with Crippen molar-refractivity contribution in [2.45, 2.75) is 119 Å². The molecule has 0 amide bonds. The summed E-state index contributed by atoms with van der Waals surface area (Å²) < 4.78 is 17.1. The number of hydrogen-bond donors (Lipinski definition) is 1. The van der Waals surface area contributed by atoms with Crippen LogP contribution < -0.4 is 0 Å². The molecule has 3 aliphatic rings. The van der Waals surface area contributed by atoms with E-state index in [0.29, 0.717) is 43.3 Å². The molecular weight excluding hydrogens is 625 g/mol. The van der Waals surface area contributed by atoms with Gasteiger partial charge in [0.15, 0.2) is 0 Å². The Morgan fingerprint density at radius 3 is 1.40 bits per heavy atom. The minimum Gasteiger partial charge on any atom is -0.480 e. The molecular formula is C33H58N6O3S3. The molecule has 12 heteroatoms. The van der Waals surface area contributed by atoms with Crippen molar-refractivity contribution < 1.29 is 14.2 Å². The van der Waals surface area contributed by atoms with Crippen molar-refractivity contribution in [2.75, 3.05) is 37.1 Å². The summed E-state index contributed by atoms with van der Waals surface area (Å²) in [6.45, 7) is 27.0. The predicted molar refractivity (Wildman–Crippen MR) is 203 cm³/mol. The standard InChI is InChI=1S/C22H38N4O2S2.C11H20N2OS/c1-9-27-21-18(23-16(8)19(26-21)13(3)4)12-30-29-11-17-15(7)24-20(14(5)6)22(25-17)28-10-2;1-5-14-11-9(6-15)12-8(4)10(13-11)7(2)3/h13-14,17-20H,9-12H2,1-8H3;7,9-10,15H,5-6H2,1-4H3/t17-,18-,19+,20+;9-,10+/m00/s1. The largest absolute Gasteiger partial charge is 0.480 e. The minimum atomic E-state index is -0.00798. The Kier molecular flexibility index (Phi) is 17.6. The summed E-state index contributed by atoms with van der Waals surface area (Å²) in [5, 5.41) is 0. The zero-order chi connectivity index (χ0) is 33.7. The molecule has 0 saturated heterocycles. The highest BCUT2D eigenvalue weighted by Gasteiger charge is 2.30. The summed E-state index contributed by atoms with van der Waals surface area (Å²) >= 11 is 4.27. The lowest BCUT2D eigenvalue weighted by Crippen LogP contribution is -2.37. The Morgan fingerprint density at radius 1 is 0.533 bits per heavy atom. The van der Waals surface area contributed by atoms with Crippen LogP contribution >= 0.6 is 34.2 Å². The van der Waals surface area contributed by atoms with Crippen molar-refractivity contribution in [3.63, 3.8) is 0 Å². The molecule has 0 bridgehead atoms. The summed E-state index contributed by atoms with van der Waals surface area (Å²) in [5.41, 5.74) is 3.28. The zero-order valence-corrected chi connectivity index (χ0v) is 32.1. The maximum atomic E-state index is 5.83. The Balaban J connectivity index is 0.000000394. The van der Waals surface area contributed by atoms with Gasteiger partial charge in [0.05, 0.1) is 31.9 Å². The van der Waals surface area contributed by atoms with Crippen molar-refractivity contribution in [3.8, 4) is 0 Å². The zero-order valence-electron chi connectivity index (χ0n) is 29.6. The smallest absolute Gasteiger partial charge is 0.210 e. The first-order valence-electron chi connectivity index (χ1n) is 16.5. The Labute approximate surface area is 286 Å². The fourth-order valence-corrected chi connectivity index (χ4v) is 7.78. The maximum absolute atomic E-state index is 5.83. The van der Waals surface area contributed by atoms with Crippen LogP contribution in [0.4, 0.5) is 0 Å². The molecule has 3 heterocycles. The third kappa shape index (κ3) is 11.9. The van der Waals surface area contributed by atoms with E-state index >= 15 is 0 Å². The fourth-order valence-electron chi connectivity index (χ4n) is 5.21. The minimum absolute atomic E-state index is 0.00304. The molecule has 0 aromatic rings. The number of aliphatic imine (C=N–C) groups is 6. The van der Waals surface area contributed by atoms with Crippen LogP contribution in [0.3, 0.4) is 0 Å². The van der Waals surface area contributed by atoms with Gasteiger partial charge in [-0.1, -0.05) is 63.1 Å². The predicted octanol–water partition coefficient (Wildman–Crippen LogP) is 7.19. The van der Waals surface area contributed by atoms with Crippen LogP contribution in [0.25, 0.3) is 0 Å². The van der Waals surface area contributed by atoms with Crippen LogP contribution in [0, 0.1) is 17.8 Å². The van der Waals surface area contributed by atoms with Gasteiger partial charge in [-0.05, 0) is 59.3 Å². The van der Waals surface area contributed by atoms with Crippen LogP contribution in [-0.4, -0.2) is 108 Å². The monoisotopic (exact) mass is 682 g/mol. The van der Waals surface area contributed by atoms with E-state index < -0.39 is 0 Å². The molecule has 0 spiro atoms. The van der Waals surface area contributed by atoms with E-state index in [9.17, 15) is 0 Å². The molecule has 45 heavy (non-hydrogen) atoms. The van der Waals surface area contributed by atoms with Gasteiger partial charge in [0.2, 0.25) is 17.7 Å². The summed E-state index contributed by atoms with van der Waals surface area (Å²) in [7, 11) is 3.61. The van der Waals surface area contributed by atoms with Crippen LogP contribution in [0.2, 0.25) is 0 Å². The third-order valence-corrected chi connectivity index (χ3v) is 10.3.